The smallest absolute Gasteiger partial charge is 0.272 e. The maximum absolute atomic E-state index is 12.2. The molecule has 1 aromatic carbocycles. The molecule has 1 aliphatic carbocycles. The van der Waals surface area contributed by atoms with Crippen molar-refractivity contribution in [1.82, 2.24) is 0 Å². The summed E-state index contributed by atoms with van der Waals surface area (Å²) in [6.07, 6.45) is 5.16. The van der Waals surface area contributed by atoms with Crippen molar-refractivity contribution in [2.45, 2.75) is 39.0 Å². The van der Waals surface area contributed by atoms with Crippen LogP contribution in [0.4, 0.5) is 10.7 Å². The first-order valence-corrected chi connectivity index (χ1v) is 9.53. The molecule has 0 saturated carbocycles. The van der Waals surface area contributed by atoms with Gasteiger partial charge in [0.15, 0.2) is 6.61 Å². The van der Waals surface area contributed by atoms with Gasteiger partial charge in [0.2, 0.25) is 0 Å². The highest BCUT2D eigenvalue weighted by atomic mass is 32.1. The van der Waals surface area contributed by atoms with Crippen LogP contribution in [0.2, 0.25) is 0 Å². The minimum atomic E-state index is -0.462. The van der Waals surface area contributed by atoms with Gasteiger partial charge in [0.25, 0.3) is 11.6 Å². The van der Waals surface area contributed by atoms with E-state index in [-0.39, 0.29) is 18.2 Å². The highest BCUT2D eigenvalue weighted by Gasteiger charge is 2.21. The van der Waals surface area contributed by atoms with Crippen molar-refractivity contribution in [3.05, 3.63) is 49.9 Å². The number of nitro benzene ring substituents is 1. The largest absolute Gasteiger partial charge is 0.484 e. The monoisotopic (exact) mass is 385 g/mol. The minimum absolute atomic E-state index is 0.00514. The van der Waals surface area contributed by atoms with Gasteiger partial charge >= 0.3 is 0 Å². The van der Waals surface area contributed by atoms with Crippen LogP contribution in [0, 0.1) is 28.4 Å². The number of nitrogens with zero attached hydrogens (tertiary/aromatic N) is 2. The van der Waals surface area contributed by atoms with E-state index in [0.717, 1.165) is 37.7 Å². The van der Waals surface area contributed by atoms with E-state index in [1.807, 2.05) is 0 Å². The highest BCUT2D eigenvalue weighted by molar-refractivity contribution is 7.16. The summed E-state index contributed by atoms with van der Waals surface area (Å²) >= 11 is 1.47. The van der Waals surface area contributed by atoms with Crippen LogP contribution >= 0.6 is 11.3 Å². The first-order valence-electron chi connectivity index (χ1n) is 8.72. The summed E-state index contributed by atoms with van der Waals surface area (Å²) in [6.45, 7) is 1.38. The number of anilines is 1. The van der Waals surface area contributed by atoms with Crippen molar-refractivity contribution >= 4 is 27.9 Å². The van der Waals surface area contributed by atoms with Gasteiger partial charge in [-0.2, -0.15) is 5.26 Å². The van der Waals surface area contributed by atoms with Crippen LogP contribution in [0.5, 0.6) is 5.75 Å². The molecule has 1 aliphatic rings. The second-order valence-corrected chi connectivity index (χ2v) is 7.53. The number of hydrogen-bond donors (Lipinski definition) is 1. The van der Waals surface area contributed by atoms with Crippen molar-refractivity contribution < 1.29 is 14.5 Å². The van der Waals surface area contributed by atoms with Gasteiger partial charge in [-0.3, -0.25) is 14.9 Å². The quantitative estimate of drug-likeness (QED) is 0.473. The van der Waals surface area contributed by atoms with E-state index in [2.05, 4.69) is 11.4 Å². The van der Waals surface area contributed by atoms with E-state index in [1.165, 1.54) is 34.4 Å². The molecule has 0 atom stereocenters. The Hall–Kier alpha value is -2.92. The van der Waals surface area contributed by atoms with E-state index in [4.69, 9.17) is 4.74 Å². The molecule has 27 heavy (non-hydrogen) atoms. The van der Waals surface area contributed by atoms with Crippen molar-refractivity contribution in [3.63, 3.8) is 0 Å². The maximum Gasteiger partial charge on any atom is 0.272 e. The Morgan fingerprint density at radius 1 is 1.37 bits per heavy atom. The zero-order chi connectivity index (χ0) is 19.4. The van der Waals surface area contributed by atoms with Crippen LogP contribution in [0.25, 0.3) is 0 Å². The second kappa shape index (κ2) is 8.18. The van der Waals surface area contributed by atoms with Crippen LogP contribution in [-0.2, 0) is 17.6 Å². The third-order valence-corrected chi connectivity index (χ3v) is 5.73. The van der Waals surface area contributed by atoms with Gasteiger partial charge in [0.1, 0.15) is 16.8 Å². The van der Waals surface area contributed by atoms with Crippen molar-refractivity contribution in [1.29, 1.82) is 5.26 Å². The number of fused-ring (bicyclic) bond motifs is 1. The Labute approximate surface area is 160 Å². The minimum Gasteiger partial charge on any atom is -0.484 e. The number of benzene rings is 1. The van der Waals surface area contributed by atoms with Crippen LogP contribution < -0.4 is 10.1 Å². The molecule has 1 aromatic heterocycles. The molecule has 0 radical (unpaired) electrons. The molecule has 2 aromatic rings. The van der Waals surface area contributed by atoms with Gasteiger partial charge < -0.3 is 10.1 Å². The lowest BCUT2D eigenvalue weighted by Gasteiger charge is -2.08. The summed E-state index contributed by atoms with van der Waals surface area (Å²) in [4.78, 5) is 23.8. The zero-order valence-corrected chi connectivity index (χ0v) is 15.7. The van der Waals surface area contributed by atoms with Gasteiger partial charge in [0, 0.05) is 16.5 Å². The predicted octanol–water partition coefficient (Wildman–Crippen LogP) is 4.12. The number of hydrogen-bond acceptors (Lipinski definition) is 6. The molecule has 1 amide bonds. The average molecular weight is 385 g/mol. The molecule has 140 valence electrons. The zero-order valence-electron chi connectivity index (χ0n) is 14.9. The number of nitro groups is 1. The molecular weight excluding hydrogens is 366 g/mol. The van der Waals surface area contributed by atoms with Crippen LogP contribution in [0.3, 0.4) is 0 Å². The maximum atomic E-state index is 12.2. The fourth-order valence-electron chi connectivity index (χ4n) is 3.18. The Kier molecular flexibility index (Phi) is 5.72. The molecule has 0 spiro atoms. The van der Waals surface area contributed by atoms with Gasteiger partial charge in [-0.05, 0) is 50.3 Å². The summed E-state index contributed by atoms with van der Waals surface area (Å²) in [6, 6.07) is 6.57. The second-order valence-electron chi connectivity index (χ2n) is 6.42. The number of thiophene rings is 1. The molecule has 0 aliphatic heterocycles. The summed E-state index contributed by atoms with van der Waals surface area (Å²) in [5.41, 5.74) is 2.11. The first kappa shape index (κ1) is 18.9. The summed E-state index contributed by atoms with van der Waals surface area (Å²) in [5, 5.41) is 23.7. The van der Waals surface area contributed by atoms with Crippen LogP contribution in [-0.4, -0.2) is 17.4 Å². The number of carbonyl (C=O) groups is 1. The third-order valence-electron chi connectivity index (χ3n) is 4.52. The molecular formula is C19H19N3O4S. The van der Waals surface area contributed by atoms with Crippen LogP contribution in [0.1, 0.15) is 40.8 Å². The third kappa shape index (κ3) is 4.26. The highest BCUT2D eigenvalue weighted by Crippen LogP contribution is 2.37. The molecule has 0 fully saturated rings. The van der Waals surface area contributed by atoms with E-state index < -0.39 is 4.92 Å². The van der Waals surface area contributed by atoms with Crippen molar-refractivity contribution in [3.8, 4) is 11.8 Å². The van der Waals surface area contributed by atoms with Gasteiger partial charge in [-0.1, -0.05) is 6.42 Å². The van der Waals surface area contributed by atoms with Gasteiger partial charge in [-0.15, -0.1) is 11.3 Å². The molecule has 0 bridgehead atoms. The average Bonchev–Trinajstić information content (AvgIpc) is 2.79. The summed E-state index contributed by atoms with van der Waals surface area (Å²) in [5.74, 6) is 0.0228. The predicted molar refractivity (Wildman–Crippen MR) is 102 cm³/mol. The SMILES string of the molecule is Cc1cc(OCC(=O)Nc2sc3c(c2C#N)CCCCC3)ccc1[N+](=O)[O-]. The molecule has 0 saturated heterocycles. The normalized spacial score (nSPS) is 13.2. The lowest BCUT2D eigenvalue weighted by molar-refractivity contribution is -0.385. The molecule has 7 nitrogen and oxygen atoms in total. The molecule has 0 unspecified atom stereocenters. The van der Waals surface area contributed by atoms with Crippen molar-refractivity contribution in [2.24, 2.45) is 0 Å². The number of carbonyl (C=O) groups excluding carboxylic acids is 1. The number of nitrogens with one attached hydrogen (secondary N) is 1. The van der Waals surface area contributed by atoms with Gasteiger partial charge in [-0.25, -0.2) is 0 Å². The number of amides is 1. The Morgan fingerprint density at radius 2 is 2.15 bits per heavy atom. The van der Waals surface area contributed by atoms with E-state index in [9.17, 15) is 20.2 Å². The first-order chi connectivity index (χ1) is 13.0. The fourth-order valence-corrected chi connectivity index (χ4v) is 4.44. The Morgan fingerprint density at radius 3 is 2.85 bits per heavy atom. The summed E-state index contributed by atoms with van der Waals surface area (Å²) < 4.78 is 5.44. The Balaban J connectivity index is 1.66. The van der Waals surface area contributed by atoms with E-state index in [0.29, 0.717) is 21.9 Å². The summed E-state index contributed by atoms with van der Waals surface area (Å²) in [7, 11) is 0. The van der Waals surface area contributed by atoms with Gasteiger partial charge in [0.05, 0.1) is 10.5 Å². The number of aryl methyl sites for hydroxylation is 2. The molecule has 1 heterocycles. The molecule has 1 N–H and O–H groups in total. The molecule has 3 rings (SSSR count). The van der Waals surface area contributed by atoms with E-state index in [1.54, 1.807) is 6.92 Å². The molecule has 8 heteroatoms. The van der Waals surface area contributed by atoms with Crippen LogP contribution in [0.15, 0.2) is 18.2 Å². The number of ether oxygens (including phenoxy) is 1. The van der Waals surface area contributed by atoms with E-state index >= 15 is 0 Å². The lowest BCUT2D eigenvalue weighted by atomic mass is 10.1. The number of nitriles is 1. The fraction of sp³-hybridized carbons (Fsp3) is 0.368. The van der Waals surface area contributed by atoms with Crippen molar-refractivity contribution in [2.75, 3.05) is 11.9 Å². The number of rotatable bonds is 5. The lowest BCUT2D eigenvalue weighted by Crippen LogP contribution is -2.20. The standard InChI is InChI=1S/C19H19N3O4S/c1-12-9-13(7-8-16(12)22(24)25)26-11-18(23)21-19-15(10-20)14-5-3-2-4-6-17(14)27-19/h7-9H,2-6,11H2,1H3,(H,21,23). The topological polar surface area (TPSA) is 105 Å². The Bertz CT molecular complexity index is 930.